The molecule has 1 saturated heterocycles. The second-order valence-corrected chi connectivity index (χ2v) is 17.6. The molecule has 6 amide bonds. The second kappa shape index (κ2) is 19.5. The summed E-state index contributed by atoms with van der Waals surface area (Å²) in [5, 5.41) is 29.4. The van der Waals surface area contributed by atoms with E-state index in [0.717, 1.165) is 41.0 Å². The first-order valence-electron chi connectivity index (χ1n) is 20.7. The van der Waals surface area contributed by atoms with Crippen molar-refractivity contribution in [3.05, 3.63) is 44.5 Å². The first-order valence-corrected chi connectivity index (χ1v) is 21.9. The van der Waals surface area contributed by atoms with Gasteiger partial charge in [-0.3, -0.25) is 38.9 Å². The number of rotatable bonds is 19. The van der Waals surface area contributed by atoms with E-state index in [1.165, 1.54) is 34.0 Å². The molecule has 1 unspecified atom stereocenters. The number of aryl methyl sites for hydroxylation is 1. The number of fused-ring (bicyclic) bond motifs is 1. The molecule has 2 aliphatic carbocycles. The average molecular weight is 866 g/mol. The van der Waals surface area contributed by atoms with Crippen molar-refractivity contribution in [3.8, 4) is 11.3 Å². The van der Waals surface area contributed by atoms with Crippen LogP contribution in [-0.2, 0) is 45.7 Å². The van der Waals surface area contributed by atoms with Crippen molar-refractivity contribution in [2.75, 3.05) is 31.5 Å². The summed E-state index contributed by atoms with van der Waals surface area (Å²) >= 11 is 7.85. The zero-order chi connectivity index (χ0) is 42.3. The number of unbranched alkanes of at least 4 members (excludes halogenated alkanes) is 2. The van der Waals surface area contributed by atoms with Crippen molar-refractivity contribution in [1.82, 2.24) is 50.8 Å². The highest BCUT2D eigenvalue weighted by atomic mass is 35.5. The molecule has 7 rings (SSSR count). The third-order valence-corrected chi connectivity index (χ3v) is 13.1. The number of halogens is 1. The quantitative estimate of drug-likeness (QED) is 0.0754. The van der Waals surface area contributed by atoms with Gasteiger partial charge in [-0.15, -0.1) is 11.3 Å². The summed E-state index contributed by atoms with van der Waals surface area (Å²) in [4.78, 5) is 87.3. The Balaban J connectivity index is 0.742. The van der Waals surface area contributed by atoms with Crippen LogP contribution in [0.5, 0.6) is 0 Å². The number of imide groups is 1. The van der Waals surface area contributed by atoms with Crippen molar-refractivity contribution in [1.29, 1.82) is 0 Å². The van der Waals surface area contributed by atoms with Crippen molar-refractivity contribution >= 4 is 64.5 Å². The normalized spacial score (nSPS) is 20.1. The summed E-state index contributed by atoms with van der Waals surface area (Å²) < 4.78 is 1.89. The number of amides is 6. The third-order valence-electron chi connectivity index (χ3n) is 11.6. The number of carbonyl (C=O) groups excluding carboxylic acids is 5. The van der Waals surface area contributed by atoms with Gasteiger partial charge >= 0.3 is 6.09 Å². The molecule has 20 heteroatoms. The predicted octanol–water partition coefficient (Wildman–Crippen LogP) is 3.20. The molecule has 0 aromatic carbocycles. The minimum atomic E-state index is -1.12. The van der Waals surface area contributed by atoms with Gasteiger partial charge in [0.15, 0.2) is 0 Å². The van der Waals surface area contributed by atoms with Gasteiger partial charge in [-0.2, -0.15) is 5.10 Å². The van der Waals surface area contributed by atoms with E-state index < -0.39 is 18.0 Å². The van der Waals surface area contributed by atoms with Crippen LogP contribution in [0.1, 0.15) is 96.4 Å². The van der Waals surface area contributed by atoms with Gasteiger partial charge in [0.1, 0.15) is 12.6 Å². The summed E-state index contributed by atoms with van der Waals surface area (Å²) in [5.74, 6) is -0.370. The van der Waals surface area contributed by atoms with Gasteiger partial charge in [-0.1, -0.05) is 18.0 Å². The first kappa shape index (κ1) is 43.0. The lowest BCUT2D eigenvalue weighted by molar-refractivity contribution is -0.137. The Morgan fingerprint density at radius 3 is 2.52 bits per heavy atom. The van der Waals surface area contributed by atoms with Crippen molar-refractivity contribution < 1.29 is 33.9 Å². The Labute approximate surface area is 356 Å². The van der Waals surface area contributed by atoms with Crippen molar-refractivity contribution in [2.45, 2.75) is 108 Å². The zero-order valence-electron chi connectivity index (χ0n) is 33.6. The van der Waals surface area contributed by atoms with Gasteiger partial charge in [0.05, 0.1) is 41.1 Å². The van der Waals surface area contributed by atoms with Gasteiger partial charge in [0.25, 0.3) is 5.91 Å². The van der Waals surface area contributed by atoms with E-state index in [2.05, 4.69) is 36.7 Å². The standard InChI is InChI=1S/C40H52ClN11O7S/c1-50-31(15-23-5-6-23)28(18-46-50)35-29(41)19-45-39(49-35)47-25-7-9-26(10-8-25)51(40(58)59)22-34(55)43-14-4-2-3-13-42-20-33(54)44-17-27-16-24-21-52(38(57)36(24)60-27)30-11-12-32(53)48-37(30)56/h16,18-19,23,25-26,30,42H,2-15,17,20-22H2,1H3,(H,43,55)(H,44,54)(H,58,59)(H,45,47,49)(H,48,53,56)/t25-,26-,30?. The van der Waals surface area contributed by atoms with Crippen LogP contribution >= 0.6 is 22.9 Å². The topological polar surface area (TPSA) is 233 Å². The number of aromatic nitrogens is 4. The molecule has 322 valence electrons. The van der Waals surface area contributed by atoms with Crippen LogP contribution in [-0.4, -0.2) is 115 Å². The zero-order valence-corrected chi connectivity index (χ0v) is 35.2. The molecule has 0 spiro atoms. The van der Waals surface area contributed by atoms with Crippen LogP contribution in [0, 0.1) is 5.92 Å². The molecule has 3 aromatic rings. The molecule has 2 saturated carbocycles. The Bertz CT molecular complexity index is 2100. The van der Waals surface area contributed by atoms with Crippen LogP contribution in [0.4, 0.5) is 10.7 Å². The molecule has 0 radical (unpaired) electrons. The number of carbonyl (C=O) groups is 6. The van der Waals surface area contributed by atoms with E-state index >= 15 is 0 Å². The van der Waals surface area contributed by atoms with Gasteiger partial charge in [-0.05, 0) is 88.3 Å². The summed E-state index contributed by atoms with van der Waals surface area (Å²) in [7, 11) is 1.93. The Kier molecular flexibility index (Phi) is 14.0. The number of hydrogen-bond acceptors (Lipinski definition) is 12. The fourth-order valence-electron chi connectivity index (χ4n) is 8.12. The molecule has 3 aromatic heterocycles. The lowest BCUT2D eigenvalue weighted by atomic mass is 9.90. The van der Waals surface area contributed by atoms with Crippen LogP contribution in [0.3, 0.4) is 0 Å². The van der Waals surface area contributed by atoms with E-state index in [-0.39, 0.29) is 61.8 Å². The highest BCUT2D eigenvalue weighted by Crippen LogP contribution is 2.37. The highest BCUT2D eigenvalue weighted by molar-refractivity contribution is 7.14. The molecule has 4 aliphatic rings. The minimum Gasteiger partial charge on any atom is -0.465 e. The summed E-state index contributed by atoms with van der Waals surface area (Å²) in [6.45, 7) is 1.54. The molecule has 0 bridgehead atoms. The Morgan fingerprint density at radius 1 is 1.00 bits per heavy atom. The van der Waals surface area contributed by atoms with Gasteiger partial charge in [-0.25, -0.2) is 14.8 Å². The number of nitrogens with one attached hydrogen (secondary N) is 5. The lowest BCUT2D eigenvalue weighted by Gasteiger charge is -2.35. The average Bonchev–Trinajstić information content (AvgIpc) is 3.74. The molecular formula is C40H52ClN11O7S. The number of anilines is 1. The maximum atomic E-state index is 12.9. The summed E-state index contributed by atoms with van der Waals surface area (Å²) in [5.41, 5.74) is 3.48. The first-order chi connectivity index (χ1) is 28.9. The maximum Gasteiger partial charge on any atom is 0.408 e. The Morgan fingerprint density at radius 2 is 1.78 bits per heavy atom. The SMILES string of the molecule is Cn1ncc(-c2nc(N[C@H]3CC[C@H](N(CC(=O)NCCCCCNCC(=O)NCc4cc5c(s4)C(=O)N(C4CCC(=O)NC4=O)C5)C(=O)O)CC3)ncc2Cl)c1CC1CC1. The van der Waals surface area contributed by atoms with Crippen molar-refractivity contribution in [3.63, 3.8) is 0 Å². The van der Waals surface area contributed by atoms with Crippen LogP contribution in [0.15, 0.2) is 18.5 Å². The van der Waals surface area contributed by atoms with Gasteiger partial charge in [0, 0.05) is 54.8 Å². The molecule has 6 N–H and O–H groups in total. The monoisotopic (exact) mass is 865 g/mol. The van der Waals surface area contributed by atoms with E-state index in [1.807, 2.05) is 17.8 Å². The molecule has 18 nitrogen and oxygen atoms in total. The predicted molar refractivity (Wildman–Crippen MR) is 222 cm³/mol. The van der Waals surface area contributed by atoms with Crippen LogP contribution in [0.25, 0.3) is 11.3 Å². The number of nitrogens with zero attached hydrogens (tertiary/aromatic N) is 6. The molecule has 2 aliphatic heterocycles. The molecule has 60 heavy (non-hydrogen) atoms. The molecule has 1 atom stereocenters. The molecule has 3 fully saturated rings. The fraction of sp³-hybridized carbons (Fsp3) is 0.575. The lowest BCUT2D eigenvalue weighted by Crippen LogP contribution is -2.52. The van der Waals surface area contributed by atoms with E-state index in [0.29, 0.717) is 85.6 Å². The summed E-state index contributed by atoms with van der Waals surface area (Å²) in [6, 6.07) is 1.000. The van der Waals surface area contributed by atoms with Gasteiger partial charge < -0.3 is 31.3 Å². The second-order valence-electron chi connectivity index (χ2n) is 16.1. The number of piperidine rings is 1. The number of carboxylic acid groups (broad SMARTS) is 1. The number of hydrogen-bond donors (Lipinski definition) is 6. The smallest absolute Gasteiger partial charge is 0.408 e. The molecule has 5 heterocycles. The maximum absolute atomic E-state index is 12.9. The van der Waals surface area contributed by atoms with Crippen LogP contribution < -0.4 is 26.6 Å². The third kappa shape index (κ3) is 10.8. The van der Waals surface area contributed by atoms with Crippen molar-refractivity contribution in [2.24, 2.45) is 13.0 Å². The minimum absolute atomic E-state index is 0.0481. The van der Waals surface area contributed by atoms with Gasteiger partial charge in [0.2, 0.25) is 29.6 Å². The Hall–Kier alpha value is -5.14. The van der Waals surface area contributed by atoms with Crippen LogP contribution in [0.2, 0.25) is 5.02 Å². The summed E-state index contributed by atoms with van der Waals surface area (Å²) in [6.07, 6.45) is 11.1. The van der Waals surface area contributed by atoms with E-state index in [1.54, 1.807) is 12.4 Å². The fourth-order valence-corrected chi connectivity index (χ4v) is 9.38. The molecular weight excluding hydrogens is 814 g/mol. The largest absolute Gasteiger partial charge is 0.465 e. The van der Waals surface area contributed by atoms with E-state index in [4.69, 9.17) is 16.6 Å². The highest BCUT2D eigenvalue weighted by Gasteiger charge is 2.40. The van der Waals surface area contributed by atoms with E-state index in [9.17, 15) is 33.9 Å². The number of thiophene rings is 1.